The van der Waals surface area contributed by atoms with E-state index in [9.17, 15) is 13.2 Å². The molecule has 6 heteroatoms. The average Bonchev–Trinajstić information content (AvgIpc) is 2.61. The Balaban J connectivity index is 2.69. The average molecular weight is 272 g/mol. The zero-order valence-corrected chi connectivity index (χ0v) is 10.4. The van der Waals surface area contributed by atoms with Gasteiger partial charge in [0, 0.05) is 0 Å². The molecule has 96 valence electrons. The first-order valence-corrected chi connectivity index (χ1v) is 5.69. The van der Waals surface area contributed by atoms with Gasteiger partial charge >= 0.3 is 6.18 Å². The van der Waals surface area contributed by atoms with Gasteiger partial charge in [-0.15, -0.1) is 6.58 Å². The maximum atomic E-state index is 12.6. The minimum Gasteiger partial charge on any atom is -0.331 e. The van der Waals surface area contributed by atoms with Gasteiger partial charge in [-0.05, 0) is 37.3 Å². The van der Waals surface area contributed by atoms with Crippen LogP contribution in [-0.2, 0) is 6.18 Å². The number of nitrogens with zero attached hydrogens (tertiary/aromatic N) is 1. The molecule has 1 unspecified atom stereocenters. The lowest BCUT2D eigenvalue weighted by Crippen LogP contribution is -2.05. The number of aromatic amines is 1. The first-order valence-electron chi connectivity index (χ1n) is 5.28. The van der Waals surface area contributed by atoms with E-state index in [2.05, 4.69) is 11.6 Å². The van der Waals surface area contributed by atoms with E-state index in [0.29, 0.717) is 15.8 Å². The molecule has 2 nitrogen and oxygen atoms in total. The van der Waals surface area contributed by atoms with Crippen molar-refractivity contribution >= 4 is 23.3 Å². The summed E-state index contributed by atoms with van der Waals surface area (Å²) < 4.78 is 39.9. The van der Waals surface area contributed by atoms with E-state index >= 15 is 0 Å². The Labute approximate surface area is 107 Å². The first kappa shape index (κ1) is 12.9. The molecule has 1 N–H and O–H groups in total. The molecule has 0 aliphatic carbocycles. The van der Waals surface area contributed by atoms with E-state index in [1.165, 1.54) is 6.07 Å². The van der Waals surface area contributed by atoms with Crippen molar-refractivity contribution in [3.63, 3.8) is 0 Å². The molecule has 0 bridgehead atoms. The van der Waals surface area contributed by atoms with Crippen molar-refractivity contribution in [3.8, 4) is 0 Å². The Morgan fingerprint density at radius 3 is 2.67 bits per heavy atom. The topological polar surface area (TPSA) is 20.7 Å². The van der Waals surface area contributed by atoms with Gasteiger partial charge in [-0.3, -0.25) is 0 Å². The Morgan fingerprint density at radius 2 is 2.11 bits per heavy atom. The van der Waals surface area contributed by atoms with E-state index in [4.69, 9.17) is 12.2 Å². The quantitative estimate of drug-likeness (QED) is 0.632. The van der Waals surface area contributed by atoms with E-state index in [0.717, 1.165) is 12.1 Å². The van der Waals surface area contributed by atoms with Crippen molar-refractivity contribution in [2.24, 2.45) is 0 Å². The molecule has 0 saturated heterocycles. The lowest BCUT2D eigenvalue weighted by molar-refractivity contribution is -0.137. The number of fused-ring (bicyclic) bond motifs is 1. The fourth-order valence-corrected chi connectivity index (χ4v) is 2.19. The van der Waals surface area contributed by atoms with Crippen molar-refractivity contribution in [2.45, 2.75) is 19.1 Å². The van der Waals surface area contributed by atoms with Crippen molar-refractivity contribution in [1.82, 2.24) is 9.55 Å². The summed E-state index contributed by atoms with van der Waals surface area (Å²) in [4.78, 5) is 2.78. The highest BCUT2D eigenvalue weighted by Crippen LogP contribution is 2.31. The summed E-state index contributed by atoms with van der Waals surface area (Å²) in [5, 5.41) is 0. The van der Waals surface area contributed by atoms with Crippen LogP contribution in [0.3, 0.4) is 0 Å². The highest BCUT2D eigenvalue weighted by atomic mass is 32.1. The first-order chi connectivity index (χ1) is 8.34. The standard InChI is InChI=1S/C12H11F3N2S/c1-3-7(2)17-10-5-4-8(12(13,14)15)6-9(10)16-11(17)18/h3-7H,1H2,2H3,(H,16,18). The third-order valence-corrected chi connectivity index (χ3v) is 3.09. The summed E-state index contributed by atoms with van der Waals surface area (Å²) in [6, 6.07) is 3.46. The maximum Gasteiger partial charge on any atom is 0.416 e. The summed E-state index contributed by atoms with van der Waals surface area (Å²) in [5.41, 5.74) is 0.327. The van der Waals surface area contributed by atoms with Crippen LogP contribution in [0.5, 0.6) is 0 Å². The highest BCUT2D eigenvalue weighted by molar-refractivity contribution is 7.71. The Kier molecular flexibility index (Phi) is 3.06. The van der Waals surface area contributed by atoms with Gasteiger partial charge in [0.25, 0.3) is 0 Å². The predicted octanol–water partition coefficient (Wildman–Crippen LogP) is 4.46. The second kappa shape index (κ2) is 4.28. The number of nitrogens with one attached hydrogen (secondary N) is 1. The van der Waals surface area contributed by atoms with Gasteiger partial charge in [0.05, 0.1) is 22.6 Å². The van der Waals surface area contributed by atoms with Gasteiger partial charge in [0.1, 0.15) is 0 Å². The minimum atomic E-state index is -4.35. The molecule has 1 aromatic carbocycles. The van der Waals surface area contributed by atoms with Crippen molar-refractivity contribution in [2.75, 3.05) is 0 Å². The van der Waals surface area contributed by atoms with Crippen molar-refractivity contribution in [3.05, 3.63) is 41.2 Å². The summed E-state index contributed by atoms with van der Waals surface area (Å²) in [6.07, 6.45) is -2.67. The highest BCUT2D eigenvalue weighted by Gasteiger charge is 2.30. The number of hydrogen-bond acceptors (Lipinski definition) is 1. The second-order valence-corrected chi connectivity index (χ2v) is 4.39. The molecule has 2 aromatic rings. The zero-order chi connectivity index (χ0) is 13.5. The van der Waals surface area contributed by atoms with Gasteiger partial charge in [-0.2, -0.15) is 13.2 Å². The number of aromatic nitrogens is 2. The van der Waals surface area contributed by atoms with Crippen LogP contribution in [-0.4, -0.2) is 9.55 Å². The third-order valence-electron chi connectivity index (χ3n) is 2.79. The van der Waals surface area contributed by atoms with Crippen molar-refractivity contribution < 1.29 is 13.2 Å². The number of hydrogen-bond donors (Lipinski definition) is 1. The molecule has 0 fully saturated rings. The Morgan fingerprint density at radius 1 is 1.44 bits per heavy atom. The van der Waals surface area contributed by atoms with Crippen molar-refractivity contribution in [1.29, 1.82) is 0 Å². The van der Waals surface area contributed by atoms with Gasteiger partial charge in [-0.1, -0.05) is 6.08 Å². The van der Waals surface area contributed by atoms with Crippen LogP contribution >= 0.6 is 12.2 Å². The van der Waals surface area contributed by atoms with Crippen LogP contribution < -0.4 is 0 Å². The SMILES string of the molecule is C=CC(C)n1c(=S)[nH]c2cc(C(F)(F)F)ccc21. The van der Waals surface area contributed by atoms with Gasteiger partial charge in [0.15, 0.2) is 4.77 Å². The fourth-order valence-electron chi connectivity index (χ4n) is 1.82. The molecule has 2 rings (SSSR count). The summed E-state index contributed by atoms with van der Waals surface area (Å²) >= 11 is 5.11. The number of alkyl halides is 3. The van der Waals surface area contributed by atoms with E-state index in [1.54, 1.807) is 10.6 Å². The molecule has 18 heavy (non-hydrogen) atoms. The van der Waals surface area contributed by atoms with Gasteiger partial charge < -0.3 is 9.55 Å². The fraction of sp³-hybridized carbons (Fsp3) is 0.250. The lowest BCUT2D eigenvalue weighted by atomic mass is 10.2. The summed E-state index contributed by atoms with van der Waals surface area (Å²) in [5.74, 6) is 0. The molecule has 1 heterocycles. The van der Waals surface area contributed by atoms with E-state index in [-0.39, 0.29) is 6.04 Å². The number of imidazole rings is 1. The second-order valence-electron chi connectivity index (χ2n) is 4.01. The molecule has 0 spiro atoms. The maximum absolute atomic E-state index is 12.6. The number of benzene rings is 1. The van der Waals surface area contributed by atoms with Crippen LogP contribution in [0.25, 0.3) is 11.0 Å². The summed E-state index contributed by atoms with van der Waals surface area (Å²) in [7, 11) is 0. The monoisotopic (exact) mass is 272 g/mol. The third kappa shape index (κ3) is 2.08. The molecule has 1 aromatic heterocycles. The van der Waals surface area contributed by atoms with E-state index < -0.39 is 11.7 Å². The Bertz CT molecular complexity index is 651. The number of H-pyrrole nitrogens is 1. The molecule has 0 amide bonds. The van der Waals surface area contributed by atoms with Crippen LogP contribution in [0.1, 0.15) is 18.5 Å². The number of rotatable bonds is 2. The normalized spacial score (nSPS) is 13.8. The smallest absolute Gasteiger partial charge is 0.331 e. The molecule has 1 atom stereocenters. The zero-order valence-electron chi connectivity index (χ0n) is 9.58. The van der Waals surface area contributed by atoms with Crippen LogP contribution in [0.2, 0.25) is 0 Å². The van der Waals surface area contributed by atoms with Crippen LogP contribution in [0, 0.1) is 4.77 Å². The molecular weight excluding hydrogens is 261 g/mol. The largest absolute Gasteiger partial charge is 0.416 e. The Hall–Kier alpha value is -1.56. The van der Waals surface area contributed by atoms with Crippen LogP contribution in [0.15, 0.2) is 30.9 Å². The number of halogens is 3. The van der Waals surface area contributed by atoms with Gasteiger partial charge in [0.2, 0.25) is 0 Å². The molecule has 0 radical (unpaired) electrons. The summed E-state index contributed by atoms with van der Waals surface area (Å²) in [6.45, 7) is 5.53. The molecule has 0 aliphatic heterocycles. The minimum absolute atomic E-state index is 0.0806. The lowest BCUT2D eigenvalue weighted by Gasteiger charge is -2.10. The molecule has 0 aliphatic rings. The van der Waals surface area contributed by atoms with E-state index in [1.807, 2.05) is 6.92 Å². The predicted molar refractivity (Wildman–Crippen MR) is 67.0 cm³/mol. The molecule has 0 saturated carbocycles. The van der Waals surface area contributed by atoms with Crippen LogP contribution in [0.4, 0.5) is 13.2 Å². The molecular formula is C12H11F3N2S. The van der Waals surface area contributed by atoms with Gasteiger partial charge in [-0.25, -0.2) is 0 Å². The number of allylic oxidation sites excluding steroid dienone is 1.